The smallest absolute Gasteiger partial charge is 0.103 e. The van der Waals surface area contributed by atoms with E-state index in [-0.39, 0.29) is 11.1 Å². The minimum Gasteiger partial charge on any atom is -0.306 e. The molecule has 0 saturated carbocycles. The number of hydrogen-bond acceptors (Lipinski definition) is 2. The lowest BCUT2D eigenvalue weighted by Crippen LogP contribution is -2.17. The molecule has 10 aromatic carbocycles. The highest BCUT2D eigenvalue weighted by molar-refractivity contribution is 6.20. The lowest BCUT2D eigenvalue weighted by Gasteiger charge is -2.28. The van der Waals surface area contributed by atoms with Gasteiger partial charge in [-0.25, -0.2) is 0 Å². The summed E-state index contributed by atoms with van der Waals surface area (Å²) in [4.78, 5) is 0. The molecule has 0 fully saturated rings. The van der Waals surface area contributed by atoms with E-state index in [1.807, 2.05) is 0 Å². The van der Waals surface area contributed by atoms with Crippen molar-refractivity contribution in [2.45, 2.75) is 0 Å². The maximum absolute atomic E-state index is 12.1. The van der Waals surface area contributed by atoms with Crippen molar-refractivity contribution in [1.82, 2.24) is 18.3 Å². The highest BCUT2D eigenvalue weighted by atomic mass is 15.1. The maximum Gasteiger partial charge on any atom is 0.103 e. The van der Waals surface area contributed by atoms with Crippen molar-refractivity contribution >= 4 is 98.0 Å². The maximum atomic E-state index is 12.1. The van der Waals surface area contributed by atoms with Crippen LogP contribution in [0, 0.1) is 22.7 Å². The Kier molecular flexibility index (Phi) is 7.43. The molecule has 14 rings (SSSR count). The molecule has 0 aliphatic carbocycles. The third-order valence-corrected chi connectivity index (χ3v) is 13.8. The summed E-state index contributed by atoms with van der Waals surface area (Å²) in [5.41, 5.74) is 11.1. The van der Waals surface area contributed by atoms with E-state index in [1.165, 1.54) is 0 Å². The van der Waals surface area contributed by atoms with E-state index in [0.717, 1.165) is 109 Å². The number of rotatable bonds is 4. The van der Waals surface area contributed by atoms with Gasteiger partial charge >= 0.3 is 0 Å². The number of aromatic nitrogens is 4. The molecule has 0 atom stereocenters. The van der Waals surface area contributed by atoms with Crippen LogP contribution in [0.1, 0.15) is 11.1 Å². The molecule has 0 amide bonds. The largest absolute Gasteiger partial charge is 0.306 e. The first-order valence-electron chi connectivity index (χ1n) is 22.2. The molecule has 304 valence electrons. The Hall–Kier alpha value is -9.36. The molecule has 14 aromatic rings. The molecule has 0 spiro atoms. The summed E-state index contributed by atoms with van der Waals surface area (Å²) < 4.78 is 9.26. The molecule has 0 radical (unpaired) electrons. The number of hydrogen-bond donors (Lipinski definition) is 0. The van der Waals surface area contributed by atoms with E-state index in [4.69, 9.17) is 0 Å². The monoisotopic (exact) mass is 838 g/mol. The van der Waals surface area contributed by atoms with Crippen LogP contribution >= 0.6 is 0 Å². The molecule has 6 heteroatoms. The number of benzene rings is 10. The van der Waals surface area contributed by atoms with Crippen LogP contribution < -0.4 is 0 Å². The van der Waals surface area contributed by atoms with E-state index in [9.17, 15) is 10.5 Å². The van der Waals surface area contributed by atoms with Crippen molar-refractivity contribution < 1.29 is 0 Å². The summed E-state index contributed by atoms with van der Waals surface area (Å²) in [6, 6.07) is 77.8. The van der Waals surface area contributed by atoms with Gasteiger partial charge in [-0.3, -0.25) is 0 Å². The Morgan fingerprint density at radius 1 is 0.242 bits per heavy atom. The van der Waals surface area contributed by atoms with E-state index in [0.29, 0.717) is 11.4 Å². The first-order chi connectivity index (χ1) is 32.7. The number of nitriles is 2. The Morgan fingerprint density at radius 2 is 0.515 bits per heavy atom. The van der Waals surface area contributed by atoms with Gasteiger partial charge in [0, 0.05) is 48.5 Å². The zero-order chi connectivity index (χ0) is 43.6. The fraction of sp³-hybridized carbons (Fsp3) is 0. The highest BCUT2D eigenvalue weighted by Gasteiger charge is 2.34. The Bertz CT molecular complexity index is 4340. The lowest BCUT2D eigenvalue weighted by atomic mass is 9.98. The minimum absolute atomic E-state index is 0.284. The molecular formula is C60H34N6. The average Bonchev–Trinajstić information content (AvgIpc) is 4.11. The molecule has 66 heavy (non-hydrogen) atoms. The third kappa shape index (κ3) is 4.66. The van der Waals surface area contributed by atoms with Crippen LogP contribution in [0.25, 0.3) is 121 Å². The van der Waals surface area contributed by atoms with Gasteiger partial charge in [0.25, 0.3) is 0 Å². The quantitative estimate of drug-likeness (QED) is 0.177. The summed E-state index contributed by atoms with van der Waals surface area (Å²) in [6.07, 6.45) is 0. The van der Waals surface area contributed by atoms with E-state index < -0.39 is 0 Å². The average molecular weight is 839 g/mol. The van der Waals surface area contributed by atoms with Gasteiger partial charge in [-0.05, 0) is 47.9 Å². The molecule has 0 aliphatic heterocycles. The van der Waals surface area contributed by atoms with Gasteiger partial charge in [0.2, 0.25) is 0 Å². The molecule has 4 aromatic heterocycles. The number of fused-ring (bicyclic) bond motifs is 14. The number of para-hydroxylation sites is 7. The van der Waals surface area contributed by atoms with E-state index >= 15 is 0 Å². The first kappa shape index (κ1) is 36.2. The van der Waals surface area contributed by atoms with Crippen LogP contribution in [0.3, 0.4) is 0 Å². The van der Waals surface area contributed by atoms with Gasteiger partial charge in [-0.1, -0.05) is 164 Å². The van der Waals surface area contributed by atoms with Crippen LogP contribution in [-0.4, -0.2) is 18.3 Å². The van der Waals surface area contributed by atoms with Gasteiger partial charge < -0.3 is 18.3 Å². The predicted molar refractivity (Wildman–Crippen MR) is 271 cm³/mol. The molecule has 0 unspecified atom stereocenters. The zero-order valence-corrected chi connectivity index (χ0v) is 35.3. The van der Waals surface area contributed by atoms with Crippen LogP contribution in [0.4, 0.5) is 0 Å². The Morgan fingerprint density at radius 3 is 0.879 bits per heavy atom. The topological polar surface area (TPSA) is 67.3 Å². The van der Waals surface area contributed by atoms with Crippen molar-refractivity contribution in [2.75, 3.05) is 0 Å². The fourth-order valence-electron chi connectivity index (χ4n) is 11.2. The van der Waals surface area contributed by atoms with Crippen LogP contribution in [0.5, 0.6) is 0 Å². The molecule has 0 saturated heterocycles. The normalized spacial score (nSPS) is 11.9. The third-order valence-electron chi connectivity index (χ3n) is 13.8. The van der Waals surface area contributed by atoms with Gasteiger partial charge in [0.05, 0.1) is 78.0 Å². The second-order valence-electron chi connectivity index (χ2n) is 17.0. The van der Waals surface area contributed by atoms with Crippen LogP contribution in [-0.2, 0) is 0 Å². The highest BCUT2D eigenvalue weighted by Crippen LogP contribution is 2.49. The summed E-state index contributed by atoms with van der Waals surface area (Å²) in [5.74, 6) is 0. The van der Waals surface area contributed by atoms with Crippen LogP contribution in [0.15, 0.2) is 206 Å². The lowest BCUT2D eigenvalue weighted by molar-refractivity contribution is 1.01. The Labute approximate surface area is 377 Å². The van der Waals surface area contributed by atoms with E-state index in [2.05, 4.69) is 237 Å². The van der Waals surface area contributed by atoms with Crippen molar-refractivity contribution in [2.24, 2.45) is 0 Å². The SMILES string of the molecule is N#Cc1c(C#N)c(-n2c3ccccc3c3ccccc32)c(-n2c3ccccc3c3ccc4ccccc4c32)c(-n2c3ccccc3c3ccccc32)c1-n1c2ccccc2c2ccccc21. The van der Waals surface area contributed by atoms with Crippen molar-refractivity contribution in [1.29, 1.82) is 10.5 Å². The number of nitrogens with zero attached hydrogens (tertiary/aromatic N) is 6. The standard InChI is InChI=1S/C60H34N6/c61-35-47-48(36-62)58(64-51-28-12-5-21-41(51)42-22-6-13-29-52(42)64)60(66-55-32-16-9-25-45(55)46-34-33-37-17-1-2-18-38(37)56(46)66)59(65-53-30-14-7-23-43(53)44-24-8-15-31-54(44)65)57(47)63-49-26-10-3-19-39(49)40-20-4-11-27-50(40)63/h1-34H. The zero-order valence-electron chi connectivity index (χ0n) is 35.3. The van der Waals surface area contributed by atoms with Gasteiger partial charge in [-0.15, -0.1) is 0 Å². The summed E-state index contributed by atoms with van der Waals surface area (Å²) in [6.45, 7) is 0. The molecule has 0 N–H and O–H groups in total. The second-order valence-corrected chi connectivity index (χ2v) is 17.0. The molecule has 4 heterocycles. The van der Waals surface area contributed by atoms with Gasteiger partial charge in [-0.2, -0.15) is 10.5 Å². The molecule has 6 nitrogen and oxygen atoms in total. The second kappa shape index (κ2) is 13.6. The predicted octanol–water partition coefficient (Wildman–Crippen LogP) is 15.0. The summed E-state index contributed by atoms with van der Waals surface area (Å²) in [5, 5.41) is 34.8. The van der Waals surface area contributed by atoms with Gasteiger partial charge in [0.1, 0.15) is 12.1 Å². The molecule has 0 aliphatic rings. The van der Waals surface area contributed by atoms with Crippen molar-refractivity contribution in [3.63, 3.8) is 0 Å². The molecule has 0 bridgehead atoms. The van der Waals surface area contributed by atoms with Crippen LogP contribution in [0.2, 0.25) is 0 Å². The summed E-state index contributed by atoms with van der Waals surface area (Å²) in [7, 11) is 0. The summed E-state index contributed by atoms with van der Waals surface area (Å²) >= 11 is 0. The van der Waals surface area contributed by atoms with E-state index in [1.54, 1.807) is 0 Å². The van der Waals surface area contributed by atoms with Gasteiger partial charge in [0.15, 0.2) is 0 Å². The minimum atomic E-state index is 0.284. The first-order valence-corrected chi connectivity index (χ1v) is 22.2. The van der Waals surface area contributed by atoms with Crippen molar-refractivity contribution in [3.05, 3.63) is 217 Å². The fourth-order valence-corrected chi connectivity index (χ4v) is 11.2. The Balaban J connectivity index is 1.38. The van der Waals surface area contributed by atoms with Crippen molar-refractivity contribution in [3.8, 4) is 34.9 Å². The molecular weight excluding hydrogens is 805 g/mol.